The number of aromatic nitrogens is 2. The first-order valence-corrected chi connectivity index (χ1v) is 18.3. The minimum absolute atomic E-state index is 0.262. The Labute approximate surface area is 283 Å². The Morgan fingerprint density at radius 3 is 2.44 bits per heavy atom. The van der Waals surface area contributed by atoms with E-state index in [0.29, 0.717) is 52.7 Å². The van der Waals surface area contributed by atoms with E-state index in [2.05, 4.69) is 58.3 Å². The Hall–Kier alpha value is -2.55. The van der Waals surface area contributed by atoms with Crippen LogP contribution in [0.4, 0.5) is 34.5 Å². The maximum absolute atomic E-state index is 12.4. The number of nitrogens with one attached hydrogen (secondary N) is 2. The molecular formula is C30H37BrCl2N8O3S. The first-order valence-electron chi connectivity index (χ1n) is 14.9. The number of anilines is 6. The summed E-state index contributed by atoms with van der Waals surface area (Å²) < 4.78 is 32.7. The number of likely N-dealkylation sites (N-methyl/N-ethyl adjacent to an activating group) is 1. The van der Waals surface area contributed by atoms with E-state index in [0.717, 1.165) is 74.1 Å². The van der Waals surface area contributed by atoms with Crippen molar-refractivity contribution in [1.82, 2.24) is 19.8 Å². The molecule has 0 bridgehead atoms. The van der Waals surface area contributed by atoms with Crippen LogP contribution >= 0.6 is 39.1 Å². The molecule has 2 fully saturated rings. The number of piperidine rings is 1. The second-order valence-electron chi connectivity index (χ2n) is 11.8. The molecule has 3 aliphatic rings. The van der Waals surface area contributed by atoms with Gasteiger partial charge in [-0.1, -0.05) is 23.2 Å². The number of hydrogen-bond acceptors (Lipinski definition) is 10. The van der Waals surface area contributed by atoms with E-state index in [-0.39, 0.29) is 11.0 Å². The van der Waals surface area contributed by atoms with Crippen molar-refractivity contribution in [3.63, 3.8) is 0 Å². The van der Waals surface area contributed by atoms with Crippen LogP contribution in [0, 0.1) is 0 Å². The summed E-state index contributed by atoms with van der Waals surface area (Å²) in [7, 11) is 0.168. The van der Waals surface area contributed by atoms with Crippen LogP contribution in [-0.2, 0) is 16.4 Å². The molecule has 0 radical (unpaired) electrons. The van der Waals surface area contributed by atoms with Gasteiger partial charge in [-0.25, -0.2) is 13.4 Å². The molecule has 0 spiro atoms. The van der Waals surface area contributed by atoms with Crippen LogP contribution in [0.25, 0.3) is 0 Å². The van der Waals surface area contributed by atoms with Crippen molar-refractivity contribution in [2.75, 3.05) is 86.1 Å². The fraction of sp³-hybridized carbons (Fsp3) is 0.467. The van der Waals surface area contributed by atoms with E-state index < -0.39 is 10.0 Å². The van der Waals surface area contributed by atoms with Crippen molar-refractivity contribution in [1.29, 1.82) is 0 Å². The molecule has 4 heterocycles. The Morgan fingerprint density at radius 2 is 1.73 bits per heavy atom. The molecule has 242 valence electrons. The van der Waals surface area contributed by atoms with Crippen LogP contribution in [0.1, 0.15) is 18.4 Å². The van der Waals surface area contributed by atoms with Crippen molar-refractivity contribution in [3.8, 4) is 5.75 Å². The normalized spacial score (nSPS) is 18.0. The first-order chi connectivity index (χ1) is 21.5. The molecule has 0 unspecified atom stereocenters. The molecule has 0 saturated carbocycles. The van der Waals surface area contributed by atoms with E-state index in [4.69, 9.17) is 27.9 Å². The Kier molecular flexibility index (Phi) is 9.56. The van der Waals surface area contributed by atoms with Gasteiger partial charge in [-0.3, -0.25) is 9.21 Å². The number of fused-ring (bicyclic) bond motifs is 1. The van der Waals surface area contributed by atoms with Gasteiger partial charge in [0, 0.05) is 69.3 Å². The third-order valence-electron chi connectivity index (χ3n) is 8.78. The van der Waals surface area contributed by atoms with E-state index in [9.17, 15) is 8.42 Å². The minimum Gasteiger partial charge on any atom is -0.493 e. The molecule has 0 amide bonds. The molecule has 2 saturated heterocycles. The van der Waals surface area contributed by atoms with Gasteiger partial charge in [0.15, 0.2) is 5.82 Å². The van der Waals surface area contributed by atoms with Gasteiger partial charge >= 0.3 is 0 Å². The topological polar surface area (TPSA) is 106 Å². The quantitative estimate of drug-likeness (QED) is 0.304. The lowest BCUT2D eigenvalue weighted by molar-refractivity contribution is 0.0982. The number of halogens is 3. The van der Waals surface area contributed by atoms with Crippen LogP contribution in [0.2, 0.25) is 10.0 Å². The maximum Gasteiger partial charge on any atom is 0.232 e. The highest BCUT2D eigenvalue weighted by atomic mass is 79.9. The summed E-state index contributed by atoms with van der Waals surface area (Å²) in [5.41, 5.74) is 3.57. The summed E-state index contributed by atoms with van der Waals surface area (Å²) in [5.74, 6) is 1.25. The fourth-order valence-electron chi connectivity index (χ4n) is 6.05. The van der Waals surface area contributed by atoms with Gasteiger partial charge in [-0.05, 0) is 59.6 Å². The average molecular weight is 741 g/mol. The number of rotatable bonds is 8. The van der Waals surface area contributed by atoms with E-state index in [1.165, 1.54) is 17.5 Å². The Morgan fingerprint density at radius 1 is 1.00 bits per heavy atom. The predicted molar refractivity (Wildman–Crippen MR) is 186 cm³/mol. The van der Waals surface area contributed by atoms with Crippen molar-refractivity contribution in [3.05, 3.63) is 50.5 Å². The summed E-state index contributed by atoms with van der Waals surface area (Å²) >= 11 is 17.1. The molecule has 1 aromatic heterocycles. The molecule has 0 aliphatic carbocycles. The van der Waals surface area contributed by atoms with E-state index in [1.54, 1.807) is 6.07 Å². The van der Waals surface area contributed by atoms with Crippen molar-refractivity contribution in [2.45, 2.75) is 25.3 Å². The molecule has 2 N–H and O–H groups in total. The van der Waals surface area contributed by atoms with Gasteiger partial charge in [0.05, 0.1) is 46.8 Å². The second-order valence-corrected chi connectivity index (χ2v) is 15.5. The molecule has 2 aromatic carbocycles. The predicted octanol–water partition coefficient (Wildman–Crippen LogP) is 5.58. The van der Waals surface area contributed by atoms with E-state index >= 15 is 0 Å². The van der Waals surface area contributed by atoms with Crippen LogP contribution < -0.4 is 24.6 Å². The van der Waals surface area contributed by atoms with Gasteiger partial charge < -0.3 is 25.2 Å². The fourth-order valence-corrected chi connectivity index (χ4v) is 7.49. The summed E-state index contributed by atoms with van der Waals surface area (Å²) in [6.07, 6.45) is 5.59. The van der Waals surface area contributed by atoms with Gasteiger partial charge in [-0.2, -0.15) is 4.98 Å². The number of sulfonamides is 1. The molecule has 0 atom stereocenters. The smallest absolute Gasteiger partial charge is 0.232 e. The number of piperazine rings is 1. The lowest BCUT2D eigenvalue weighted by atomic mass is 10.0. The largest absolute Gasteiger partial charge is 0.493 e. The molecule has 15 heteroatoms. The monoisotopic (exact) mass is 738 g/mol. The minimum atomic E-state index is -3.53. The van der Waals surface area contributed by atoms with Crippen molar-refractivity contribution >= 4 is 83.7 Å². The van der Waals surface area contributed by atoms with Crippen LogP contribution in [0.15, 0.2) is 34.9 Å². The highest BCUT2D eigenvalue weighted by Gasteiger charge is 2.28. The zero-order valence-corrected chi connectivity index (χ0v) is 29.4. The molecular weight excluding hydrogens is 703 g/mol. The summed E-state index contributed by atoms with van der Waals surface area (Å²) in [4.78, 5) is 16.4. The maximum atomic E-state index is 12.4. The number of ether oxygens (including phenoxy) is 1. The van der Waals surface area contributed by atoms with Crippen LogP contribution in [0.5, 0.6) is 5.75 Å². The van der Waals surface area contributed by atoms with Gasteiger partial charge in [0.2, 0.25) is 16.0 Å². The van der Waals surface area contributed by atoms with Gasteiger partial charge in [0.25, 0.3) is 0 Å². The number of benzene rings is 2. The van der Waals surface area contributed by atoms with Gasteiger partial charge in [-0.15, -0.1) is 0 Å². The zero-order chi connectivity index (χ0) is 31.9. The number of nitrogens with zero attached hydrogens (tertiary/aromatic N) is 6. The summed E-state index contributed by atoms with van der Waals surface area (Å²) in [6, 6.07) is 8.12. The Bertz CT molecular complexity index is 1680. The molecule has 45 heavy (non-hydrogen) atoms. The highest BCUT2D eigenvalue weighted by Crippen LogP contribution is 2.40. The molecule has 11 nitrogen and oxygen atoms in total. The lowest BCUT2D eigenvalue weighted by Gasteiger charge is -2.42. The van der Waals surface area contributed by atoms with Crippen LogP contribution in [-0.4, -0.2) is 100 Å². The lowest BCUT2D eigenvalue weighted by Crippen LogP contribution is -2.52. The van der Waals surface area contributed by atoms with Crippen molar-refractivity contribution in [2.24, 2.45) is 0 Å². The molecule has 3 aromatic rings. The number of hydrogen-bond donors (Lipinski definition) is 2. The average Bonchev–Trinajstić information content (AvgIpc) is 3.47. The van der Waals surface area contributed by atoms with Gasteiger partial charge in [0.1, 0.15) is 10.8 Å². The standard InChI is InChI=1S/C30H37BrCl2N8O3S/c1-38-9-11-40(12-10-38)20-4-7-41(8-5-20)26-16-22(32)24(15-21(26)31)36-30-34-18-23(33)29(37-30)35-25-17-28-19(6-13-44-28)14-27(25)39(2)45(3,42)43/h14-18,20H,4-13H2,1-3H3,(H2,34,35,36,37). The van der Waals surface area contributed by atoms with Crippen LogP contribution in [0.3, 0.4) is 0 Å². The van der Waals surface area contributed by atoms with E-state index in [1.807, 2.05) is 18.2 Å². The van der Waals surface area contributed by atoms with Crippen molar-refractivity contribution < 1.29 is 13.2 Å². The summed E-state index contributed by atoms with van der Waals surface area (Å²) in [5, 5.41) is 7.20. The molecule has 6 rings (SSSR count). The third-order valence-corrected chi connectivity index (χ3v) is 11.2. The Balaban J connectivity index is 1.18. The molecule has 3 aliphatic heterocycles. The zero-order valence-electron chi connectivity index (χ0n) is 25.5. The third kappa shape index (κ3) is 7.23. The summed E-state index contributed by atoms with van der Waals surface area (Å²) in [6.45, 7) is 7.03. The SMILES string of the molecule is CN1CCN(C2CCN(c3cc(Cl)c(Nc4ncc(Cl)c(Nc5cc6c(cc5N(C)S(C)(=O)=O)CCO6)n4)cc3Br)CC2)CC1. The first kappa shape index (κ1) is 32.4. The second kappa shape index (κ2) is 13.3. The highest BCUT2D eigenvalue weighted by molar-refractivity contribution is 9.10.